The highest BCUT2D eigenvalue weighted by molar-refractivity contribution is 7.11. The summed E-state index contributed by atoms with van der Waals surface area (Å²) in [7, 11) is 0. The molecule has 0 atom stereocenters. The van der Waals surface area contributed by atoms with E-state index >= 15 is 0 Å². The van der Waals surface area contributed by atoms with Crippen LogP contribution >= 0.6 is 11.3 Å². The van der Waals surface area contributed by atoms with Gasteiger partial charge in [-0.15, -0.1) is 0 Å². The zero-order valence-electron chi connectivity index (χ0n) is 13.7. The van der Waals surface area contributed by atoms with E-state index in [1.54, 1.807) is 29.2 Å². The number of aromatic hydroxyl groups is 1. The predicted octanol–water partition coefficient (Wildman–Crippen LogP) is -1.17. The average molecular weight is 373 g/mol. The number of thiazole rings is 1. The third-order valence-electron chi connectivity index (χ3n) is 4.36. The number of morpholine rings is 1. The van der Waals surface area contributed by atoms with Crippen molar-refractivity contribution in [1.82, 2.24) is 9.47 Å². The molecule has 2 aromatic rings. The Morgan fingerprint density at radius 3 is 2.73 bits per heavy atom. The molecule has 134 valence electrons. The van der Waals surface area contributed by atoms with Crippen molar-refractivity contribution >= 4 is 28.7 Å². The van der Waals surface area contributed by atoms with Crippen LogP contribution in [0.1, 0.15) is 4.88 Å². The number of benzene rings is 1. The second kappa shape index (κ2) is 6.50. The average Bonchev–Trinajstić information content (AvgIpc) is 3.12. The fourth-order valence-corrected chi connectivity index (χ4v) is 3.97. The highest BCUT2D eigenvalue weighted by Crippen LogP contribution is 2.28. The summed E-state index contributed by atoms with van der Waals surface area (Å²) in [6.07, 6.45) is 0. The van der Waals surface area contributed by atoms with E-state index in [1.807, 2.05) is 0 Å². The molecule has 2 aliphatic rings. The molecular formula is C17H15N3O5S. The fraction of sp³-hybridized carbons (Fsp3) is 0.294. The summed E-state index contributed by atoms with van der Waals surface area (Å²) in [6.45, 7) is 1.53. The van der Waals surface area contributed by atoms with Crippen LogP contribution in [0.5, 0.6) is 5.88 Å². The molecule has 0 unspecified atom stereocenters. The van der Waals surface area contributed by atoms with E-state index in [2.05, 4.69) is 4.99 Å². The lowest BCUT2D eigenvalue weighted by Gasteiger charge is -2.26. The number of fused-ring (bicyclic) bond motifs is 1. The van der Waals surface area contributed by atoms with Gasteiger partial charge < -0.3 is 14.7 Å². The smallest absolute Gasteiger partial charge is 0.311 e. The van der Waals surface area contributed by atoms with E-state index in [9.17, 15) is 19.5 Å². The maximum Gasteiger partial charge on any atom is 0.311 e. The summed E-state index contributed by atoms with van der Waals surface area (Å²) in [4.78, 5) is 42.1. The minimum atomic E-state index is -0.505. The van der Waals surface area contributed by atoms with Gasteiger partial charge in [-0.1, -0.05) is 29.5 Å². The fourth-order valence-electron chi connectivity index (χ4n) is 3.03. The van der Waals surface area contributed by atoms with Crippen LogP contribution in [-0.2, 0) is 20.9 Å². The maximum absolute atomic E-state index is 12.4. The Morgan fingerprint density at radius 2 is 1.96 bits per heavy atom. The van der Waals surface area contributed by atoms with Gasteiger partial charge in [-0.3, -0.25) is 19.0 Å². The molecule has 1 aromatic heterocycles. The number of ether oxygens (including phenoxy) is 1. The topological polar surface area (TPSA) is 101 Å². The summed E-state index contributed by atoms with van der Waals surface area (Å²) in [5.74, 6) is -1.16. The van der Waals surface area contributed by atoms with Crippen molar-refractivity contribution in [3.63, 3.8) is 0 Å². The summed E-state index contributed by atoms with van der Waals surface area (Å²) >= 11 is 0.738. The molecular weight excluding hydrogens is 358 g/mol. The highest BCUT2D eigenvalue weighted by Gasteiger charge is 2.27. The summed E-state index contributed by atoms with van der Waals surface area (Å²) < 4.78 is 6.20. The third-order valence-corrected chi connectivity index (χ3v) is 5.35. The Bertz CT molecular complexity index is 1080. The van der Waals surface area contributed by atoms with Gasteiger partial charge in [-0.2, -0.15) is 0 Å². The Labute approximate surface area is 151 Å². The lowest BCUT2D eigenvalue weighted by atomic mass is 10.1. The van der Waals surface area contributed by atoms with Crippen molar-refractivity contribution in [1.29, 1.82) is 0 Å². The van der Waals surface area contributed by atoms with Crippen LogP contribution < -0.4 is 15.4 Å². The first-order chi connectivity index (χ1) is 12.6. The molecule has 3 heterocycles. The van der Waals surface area contributed by atoms with Crippen LogP contribution in [0.3, 0.4) is 0 Å². The van der Waals surface area contributed by atoms with E-state index in [0.717, 1.165) is 15.9 Å². The molecule has 2 amide bonds. The summed E-state index contributed by atoms with van der Waals surface area (Å²) in [5, 5.41) is 11.6. The monoisotopic (exact) mass is 373 g/mol. The van der Waals surface area contributed by atoms with Crippen LogP contribution in [0.4, 0.5) is 0 Å². The zero-order valence-corrected chi connectivity index (χ0v) is 14.5. The number of carbonyl (C=O) groups is 2. The van der Waals surface area contributed by atoms with Crippen molar-refractivity contribution in [2.24, 2.45) is 4.99 Å². The molecule has 8 nitrogen and oxygen atoms in total. The van der Waals surface area contributed by atoms with Gasteiger partial charge in [-0.05, 0) is 6.07 Å². The Kier molecular flexibility index (Phi) is 4.17. The third kappa shape index (κ3) is 2.74. The van der Waals surface area contributed by atoms with E-state index in [1.165, 1.54) is 0 Å². The molecule has 1 saturated heterocycles. The van der Waals surface area contributed by atoms with Gasteiger partial charge in [0.2, 0.25) is 11.8 Å². The first-order valence-corrected chi connectivity index (χ1v) is 8.89. The molecule has 2 aliphatic heterocycles. The Hall–Kier alpha value is -2.78. The molecule has 1 N–H and O–H groups in total. The van der Waals surface area contributed by atoms with Gasteiger partial charge >= 0.3 is 4.87 Å². The Morgan fingerprint density at radius 1 is 1.23 bits per heavy atom. The van der Waals surface area contributed by atoms with Crippen molar-refractivity contribution in [3.05, 3.63) is 49.4 Å². The minimum absolute atomic E-state index is 0.142. The van der Waals surface area contributed by atoms with Gasteiger partial charge in [0.1, 0.15) is 11.4 Å². The number of nitrogens with zero attached hydrogens (tertiary/aromatic N) is 3. The van der Waals surface area contributed by atoms with Gasteiger partial charge in [0, 0.05) is 18.3 Å². The van der Waals surface area contributed by atoms with E-state index in [4.69, 9.17) is 4.74 Å². The Balaban J connectivity index is 1.72. The first-order valence-electron chi connectivity index (χ1n) is 8.07. The number of amides is 2. The van der Waals surface area contributed by atoms with Crippen LogP contribution in [0, 0.1) is 0 Å². The molecule has 0 spiro atoms. The molecule has 26 heavy (non-hydrogen) atoms. The predicted molar refractivity (Wildman–Crippen MR) is 92.4 cm³/mol. The molecule has 1 fully saturated rings. The number of hydrogen-bond donors (Lipinski definition) is 1. The zero-order chi connectivity index (χ0) is 18.3. The number of para-hydroxylation sites is 1. The van der Waals surface area contributed by atoms with Crippen LogP contribution in [0.15, 0.2) is 34.1 Å². The van der Waals surface area contributed by atoms with Gasteiger partial charge in [-0.25, -0.2) is 4.99 Å². The number of carbonyl (C=O) groups excluding carboxylic acids is 2. The molecule has 1 aromatic carbocycles. The molecule has 0 radical (unpaired) electrons. The van der Waals surface area contributed by atoms with Crippen molar-refractivity contribution in [3.8, 4) is 5.88 Å². The largest absolute Gasteiger partial charge is 0.493 e. The van der Waals surface area contributed by atoms with Crippen molar-refractivity contribution in [2.45, 2.75) is 6.54 Å². The first kappa shape index (κ1) is 16.7. The van der Waals surface area contributed by atoms with Crippen LogP contribution in [0.2, 0.25) is 0 Å². The second-order valence-electron chi connectivity index (χ2n) is 5.91. The number of hydrogen-bond acceptors (Lipinski definition) is 6. The van der Waals surface area contributed by atoms with Gasteiger partial charge in [0.25, 0.3) is 5.91 Å². The standard InChI is InChI=1S/C17H15N3O5S/c21-12(19-5-7-25-8-6-19)9-20-16(23)14(26-17(20)24)13-10-3-1-2-4-11(10)18-15(13)22/h1-4,23H,5-9H2. The molecule has 0 bridgehead atoms. The van der Waals surface area contributed by atoms with Gasteiger partial charge in [0.05, 0.1) is 24.1 Å². The quantitative estimate of drug-likeness (QED) is 0.731. The molecule has 9 heteroatoms. The normalized spacial score (nSPS) is 16.5. The molecule has 4 rings (SSSR count). The van der Waals surface area contributed by atoms with E-state index in [-0.39, 0.29) is 28.8 Å². The van der Waals surface area contributed by atoms with E-state index in [0.29, 0.717) is 36.9 Å². The van der Waals surface area contributed by atoms with E-state index < -0.39 is 10.8 Å². The lowest BCUT2D eigenvalue weighted by molar-refractivity contribution is -0.136. The van der Waals surface area contributed by atoms with Gasteiger partial charge in [0.15, 0.2) is 0 Å². The highest BCUT2D eigenvalue weighted by atomic mass is 32.1. The number of rotatable bonds is 3. The van der Waals surface area contributed by atoms with Crippen LogP contribution in [-0.4, -0.2) is 52.7 Å². The molecule has 0 aliphatic carbocycles. The van der Waals surface area contributed by atoms with Crippen molar-refractivity contribution < 1.29 is 19.4 Å². The van der Waals surface area contributed by atoms with Crippen LogP contribution in [0.25, 0.3) is 5.57 Å². The SMILES string of the molecule is O=C1N=c2ccccc2=C1c1sc(=O)n(CC(=O)N2CCOCC2)c1O. The lowest BCUT2D eigenvalue weighted by Crippen LogP contribution is -2.43. The summed E-state index contributed by atoms with van der Waals surface area (Å²) in [6, 6.07) is 6.92. The molecule has 0 saturated carbocycles. The number of aromatic nitrogens is 1. The summed E-state index contributed by atoms with van der Waals surface area (Å²) in [5.41, 5.74) is 0.192. The maximum atomic E-state index is 12.4. The minimum Gasteiger partial charge on any atom is -0.493 e. The second-order valence-corrected chi connectivity index (χ2v) is 6.87. The van der Waals surface area contributed by atoms with Crippen molar-refractivity contribution in [2.75, 3.05) is 26.3 Å².